The number of carbonyl (C=O) groups is 2. The Morgan fingerprint density at radius 3 is 2.87 bits per heavy atom. The van der Waals surface area contributed by atoms with Gasteiger partial charge in [-0.1, -0.05) is 18.2 Å². The molecule has 1 amide bonds. The van der Waals surface area contributed by atoms with Crippen molar-refractivity contribution in [3.63, 3.8) is 0 Å². The number of ketones is 1. The van der Waals surface area contributed by atoms with Crippen molar-refractivity contribution in [3.05, 3.63) is 59.6 Å². The number of aromatic nitrogens is 1. The van der Waals surface area contributed by atoms with Gasteiger partial charge in [0.2, 0.25) is 5.91 Å². The van der Waals surface area contributed by atoms with Gasteiger partial charge in [0.25, 0.3) is 0 Å². The Kier molecular flexibility index (Phi) is 4.56. The van der Waals surface area contributed by atoms with Crippen molar-refractivity contribution in [1.29, 1.82) is 0 Å². The predicted octanol–water partition coefficient (Wildman–Crippen LogP) is 1.88. The maximum absolute atomic E-state index is 12.6. The quantitative estimate of drug-likeness (QED) is 0.543. The van der Waals surface area contributed by atoms with E-state index in [-0.39, 0.29) is 29.9 Å². The first-order valence-electron chi connectivity index (χ1n) is 10.3. The summed E-state index contributed by atoms with van der Waals surface area (Å²) in [6.07, 6.45) is 6.53. The van der Waals surface area contributed by atoms with E-state index in [4.69, 9.17) is 4.42 Å². The fraction of sp³-hybridized carbons (Fsp3) is 0.364. The van der Waals surface area contributed by atoms with Crippen molar-refractivity contribution in [1.82, 2.24) is 9.88 Å². The van der Waals surface area contributed by atoms with E-state index in [0.717, 1.165) is 35.9 Å². The predicted molar refractivity (Wildman–Crippen MR) is 111 cm³/mol. The largest absolute Gasteiger partial charge is 0.475 e. The van der Waals surface area contributed by atoms with Crippen LogP contribution in [-0.2, 0) is 24.2 Å². The molecule has 1 aliphatic heterocycles. The third kappa shape index (κ3) is 3.57. The molecule has 1 aliphatic carbocycles. The Labute approximate surface area is 173 Å². The SMILES string of the molecule is O=C(Cc1cc2n(c1)CC1(CC1)CC2=O)NC(Cc1coc2ccccc12)B(O)O. The Morgan fingerprint density at radius 2 is 2.10 bits per heavy atom. The smallest absolute Gasteiger partial charge is 0.464 e. The number of para-hydroxylation sites is 1. The van der Waals surface area contributed by atoms with Crippen LogP contribution < -0.4 is 5.32 Å². The number of rotatable bonds is 6. The highest BCUT2D eigenvalue weighted by atomic mass is 16.4. The summed E-state index contributed by atoms with van der Waals surface area (Å²) in [5.74, 6) is -1.05. The first kappa shape index (κ1) is 19.1. The second-order valence-electron chi connectivity index (χ2n) is 8.69. The molecule has 1 spiro atoms. The lowest BCUT2D eigenvalue weighted by molar-refractivity contribution is -0.120. The zero-order valence-electron chi connectivity index (χ0n) is 16.5. The number of hydrogen-bond acceptors (Lipinski definition) is 5. The molecule has 1 atom stereocenters. The van der Waals surface area contributed by atoms with E-state index in [2.05, 4.69) is 5.32 Å². The number of amides is 1. The lowest BCUT2D eigenvalue weighted by Gasteiger charge is -2.22. The van der Waals surface area contributed by atoms with Crippen LogP contribution in [0.4, 0.5) is 0 Å². The van der Waals surface area contributed by atoms with Crippen molar-refractivity contribution in [3.8, 4) is 0 Å². The second-order valence-corrected chi connectivity index (χ2v) is 8.69. The average Bonchev–Trinajstić information content (AvgIpc) is 3.12. The van der Waals surface area contributed by atoms with Crippen molar-refractivity contribution >= 4 is 29.8 Å². The van der Waals surface area contributed by atoms with Crippen LogP contribution in [0.1, 0.15) is 40.9 Å². The fourth-order valence-electron chi connectivity index (χ4n) is 4.50. The fourth-order valence-corrected chi connectivity index (χ4v) is 4.50. The van der Waals surface area contributed by atoms with Crippen molar-refractivity contribution in [2.24, 2.45) is 5.41 Å². The van der Waals surface area contributed by atoms with E-state index in [1.54, 1.807) is 12.3 Å². The third-order valence-electron chi connectivity index (χ3n) is 6.31. The molecule has 7 nitrogen and oxygen atoms in total. The van der Waals surface area contributed by atoms with Gasteiger partial charge in [0, 0.05) is 24.5 Å². The summed E-state index contributed by atoms with van der Waals surface area (Å²) in [5, 5.41) is 23.2. The molecule has 0 bridgehead atoms. The summed E-state index contributed by atoms with van der Waals surface area (Å²) in [7, 11) is -1.71. The second kappa shape index (κ2) is 7.14. The standard InChI is InChI=1S/C22H23BN2O5/c26-18-10-22(5-6-22)13-25-11-14(7-17(18)25)8-21(27)24-20(23(28)29)9-15-12-30-19-4-2-1-3-16(15)19/h1-4,7,11-12,20,28-29H,5-6,8-10,13H2,(H,24,27). The molecular weight excluding hydrogens is 383 g/mol. The summed E-state index contributed by atoms with van der Waals surface area (Å²) >= 11 is 0. The Bertz CT molecular complexity index is 1130. The van der Waals surface area contributed by atoms with Crippen LogP contribution in [0.15, 0.2) is 47.2 Å². The highest BCUT2D eigenvalue weighted by Crippen LogP contribution is 2.53. The summed E-state index contributed by atoms with van der Waals surface area (Å²) in [5.41, 5.74) is 3.07. The molecular formula is C22H23BN2O5. The molecule has 1 unspecified atom stereocenters. The highest BCUT2D eigenvalue weighted by Gasteiger charge is 2.47. The van der Waals surface area contributed by atoms with Crippen LogP contribution in [0, 0.1) is 5.41 Å². The number of fused-ring (bicyclic) bond motifs is 2. The molecule has 1 aromatic carbocycles. The minimum Gasteiger partial charge on any atom is -0.464 e. The van der Waals surface area contributed by atoms with Gasteiger partial charge in [-0.05, 0) is 47.9 Å². The minimum atomic E-state index is -1.71. The summed E-state index contributed by atoms with van der Waals surface area (Å²) in [6.45, 7) is 0.835. The summed E-state index contributed by atoms with van der Waals surface area (Å²) in [4.78, 5) is 25.0. The van der Waals surface area contributed by atoms with Gasteiger partial charge in [-0.2, -0.15) is 0 Å². The molecule has 0 saturated heterocycles. The van der Waals surface area contributed by atoms with E-state index in [0.29, 0.717) is 17.7 Å². The van der Waals surface area contributed by atoms with Crippen LogP contribution in [-0.4, -0.2) is 39.4 Å². The number of furan rings is 1. The number of benzene rings is 1. The lowest BCUT2D eigenvalue weighted by atomic mass is 9.76. The Balaban J connectivity index is 1.27. The molecule has 1 saturated carbocycles. The van der Waals surface area contributed by atoms with Gasteiger partial charge in [-0.3, -0.25) is 9.59 Å². The Morgan fingerprint density at radius 1 is 1.30 bits per heavy atom. The van der Waals surface area contributed by atoms with Crippen LogP contribution in [0.2, 0.25) is 0 Å². The van der Waals surface area contributed by atoms with Crippen molar-refractivity contribution in [2.45, 2.75) is 44.6 Å². The van der Waals surface area contributed by atoms with E-state index in [9.17, 15) is 19.6 Å². The van der Waals surface area contributed by atoms with Crippen LogP contribution >= 0.6 is 0 Å². The summed E-state index contributed by atoms with van der Waals surface area (Å²) in [6, 6.07) is 9.26. The molecule has 3 N–H and O–H groups in total. The average molecular weight is 406 g/mol. The molecule has 3 heterocycles. The molecule has 5 rings (SSSR count). The van der Waals surface area contributed by atoms with Crippen LogP contribution in [0.5, 0.6) is 0 Å². The van der Waals surface area contributed by atoms with E-state index in [1.165, 1.54) is 0 Å². The lowest BCUT2D eigenvalue weighted by Crippen LogP contribution is -2.48. The van der Waals surface area contributed by atoms with Gasteiger partial charge in [0.15, 0.2) is 5.78 Å². The molecule has 8 heteroatoms. The van der Waals surface area contributed by atoms with Gasteiger partial charge >= 0.3 is 7.12 Å². The van der Waals surface area contributed by atoms with Gasteiger partial charge in [0.1, 0.15) is 5.58 Å². The van der Waals surface area contributed by atoms with Gasteiger partial charge in [-0.15, -0.1) is 0 Å². The highest BCUT2D eigenvalue weighted by molar-refractivity contribution is 6.43. The maximum Gasteiger partial charge on any atom is 0.475 e. The first-order chi connectivity index (χ1) is 14.4. The number of Topliss-reactive ketones (excluding diaryl/α,β-unsaturated/α-hetero) is 1. The monoisotopic (exact) mass is 406 g/mol. The summed E-state index contributed by atoms with van der Waals surface area (Å²) < 4.78 is 7.47. The van der Waals surface area contributed by atoms with Gasteiger partial charge in [-0.25, -0.2) is 0 Å². The number of nitrogens with zero attached hydrogens (tertiary/aromatic N) is 1. The number of nitrogens with one attached hydrogen (secondary N) is 1. The first-order valence-corrected chi connectivity index (χ1v) is 10.3. The third-order valence-corrected chi connectivity index (χ3v) is 6.31. The van der Waals surface area contributed by atoms with E-state index in [1.807, 2.05) is 35.0 Å². The molecule has 0 radical (unpaired) electrons. The molecule has 2 aromatic heterocycles. The topological polar surface area (TPSA) is 105 Å². The maximum atomic E-state index is 12.6. The Hall–Kier alpha value is -2.84. The molecule has 2 aliphatic rings. The molecule has 1 fully saturated rings. The van der Waals surface area contributed by atoms with Crippen LogP contribution in [0.25, 0.3) is 11.0 Å². The molecule has 30 heavy (non-hydrogen) atoms. The van der Waals surface area contributed by atoms with Gasteiger partial charge in [0.05, 0.1) is 24.3 Å². The van der Waals surface area contributed by atoms with E-state index >= 15 is 0 Å². The number of carbonyl (C=O) groups excluding carboxylic acids is 2. The van der Waals surface area contributed by atoms with E-state index < -0.39 is 13.1 Å². The number of hydrogen-bond donors (Lipinski definition) is 3. The molecule has 154 valence electrons. The zero-order valence-corrected chi connectivity index (χ0v) is 16.5. The van der Waals surface area contributed by atoms with Crippen molar-refractivity contribution < 1.29 is 24.1 Å². The normalized spacial score (nSPS) is 17.7. The van der Waals surface area contributed by atoms with Crippen LogP contribution in [0.3, 0.4) is 0 Å². The molecule has 3 aromatic rings. The minimum absolute atomic E-state index is 0.0790. The zero-order chi connectivity index (χ0) is 20.9. The van der Waals surface area contributed by atoms with Crippen molar-refractivity contribution in [2.75, 3.05) is 0 Å². The van der Waals surface area contributed by atoms with Gasteiger partial charge < -0.3 is 24.3 Å².